The number of rotatable bonds is 2. The topological polar surface area (TPSA) is 63.6 Å². The summed E-state index contributed by atoms with van der Waals surface area (Å²) in [6.07, 6.45) is 3.40. The van der Waals surface area contributed by atoms with Crippen molar-refractivity contribution in [3.05, 3.63) is 41.9 Å². The van der Waals surface area contributed by atoms with Crippen LogP contribution in [0, 0.1) is 0 Å². The SMILES string of the molecule is CNc1nc(-c2ccc3nccnc3c2)nc2c1CSC2. The van der Waals surface area contributed by atoms with Gasteiger partial charge in [0.2, 0.25) is 0 Å². The predicted octanol–water partition coefficient (Wildman–Crippen LogP) is 2.88. The van der Waals surface area contributed by atoms with E-state index in [2.05, 4.69) is 20.3 Å². The van der Waals surface area contributed by atoms with Gasteiger partial charge in [0.25, 0.3) is 0 Å². The molecule has 0 bridgehead atoms. The highest BCUT2D eigenvalue weighted by atomic mass is 32.2. The Morgan fingerprint density at radius 2 is 1.90 bits per heavy atom. The van der Waals surface area contributed by atoms with Crippen molar-refractivity contribution in [1.29, 1.82) is 0 Å². The van der Waals surface area contributed by atoms with Crippen LogP contribution in [0.2, 0.25) is 0 Å². The van der Waals surface area contributed by atoms with Crippen LogP contribution in [0.4, 0.5) is 5.82 Å². The van der Waals surface area contributed by atoms with Crippen molar-refractivity contribution >= 4 is 28.6 Å². The van der Waals surface area contributed by atoms with Crippen molar-refractivity contribution in [3.8, 4) is 11.4 Å². The lowest BCUT2D eigenvalue weighted by Crippen LogP contribution is -2.03. The van der Waals surface area contributed by atoms with Gasteiger partial charge in [-0.25, -0.2) is 9.97 Å². The van der Waals surface area contributed by atoms with Crippen LogP contribution in [0.25, 0.3) is 22.4 Å². The molecule has 3 aromatic rings. The molecule has 1 N–H and O–H groups in total. The summed E-state index contributed by atoms with van der Waals surface area (Å²) in [4.78, 5) is 18.0. The minimum Gasteiger partial charge on any atom is -0.373 e. The molecule has 0 unspecified atom stereocenters. The van der Waals surface area contributed by atoms with E-state index >= 15 is 0 Å². The first-order chi connectivity index (χ1) is 10.3. The Kier molecular flexibility index (Phi) is 2.96. The maximum absolute atomic E-state index is 4.72. The van der Waals surface area contributed by atoms with Gasteiger partial charge in [-0.15, -0.1) is 0 Å². The van der Waals surface area contributed by atoms with Gasteiger partial charge in [-0.2, -0.15) is 11.8 Å². The molecule has 0 fully saturated rings. The number of nitrogens with zero attached hydrogens (tertiary/aromatic N) is 4. The minimum absolute atomic E-state index is 0.744. The van der Waals surface area contributed by atoms with E-state index in [0.717, 1.165) is 45.4 Å². The monoisotopic (exact) mass is 295 g/mol. The maximum atomic E-state index is 4.72. The molecule has 1 aliphatic rings. The molecule has 1 aromatic carbocycles. The zero-order valence-electron chi connectivity index (χ0n) is 11.5. The standard InChI is InChI=1S/C15H13N5S/c1-16-15-10-7-21-8-13(10)19-14(20-15)9-2-3-11-12(6-9)18-5-4-17-11/h2-6H,7-8H2,1H3,(H,16,19,20). The number of nitrogens with one attached hydrogen (secondary N) is 1. The Morgan fingerprint density at radius 1 is 1.05 bits per heavy atom. The van der Waals surface area contributed by atoms with E-state index in [9.17, 15) is 0 Å². The molecule has 0 amide bonds. The Hall–Kier alpha value is -2.21. The Balaban J connectivity index is 1.88. The third-order valence-electron chi connectivity index (χ3n) is 3.54. The van der Waals surface area contributed by atoms with E-state index in [1.165, 1.54) is 5.56 Å². The average molecular weight is 295 g/mol. The molecule has 2 aromatic heterocycles. The van der Waals surface area contributed by atoms with Crippen LogP contribution in [0.1, 0.15) is 11.3 Å². The van der Waals surface area contributed by atoms with E-state index in [-0.39, 0.29) is 0 Å². The first-order valence-electron chi connectivity index (χ1n) is 6.71. The number of thioether (sulfide) groups is 1. The first kappa shape index (κ1) is 12.5. The fraction of sp³-hybridized carbons (Fsp3) is 0.200. The van der Waals surface area contributed by atoms with Crippen molar-refractivity contribution in [2.24, 2.45) is 0 Å². The van der Waals surface area contributed by atoms with Gasteiger partial charge in [0.05, 0.1) is 16.7 Å². The van der Waals surface area contributed by atoms with Crippen molar-refractivity contribution in [1.82, 2.24) is 19.9 Å². The van der Waals surface area contributed by atoms with Crippen molar-refractivity contribution < 1.29 is 0 Å². The van der Waals surface area contributed by atoms with E-state index in [0.29, 0.717) is 0 Å². The molecule has 3 heterocycles. The molecule has 5 nitrogen and oxygen atoms in total. The Morgan fingerprint density at radius 3 is 2.76 bits per heavy atom. The van der Waals surface area contributed by atoms with Gasteiger partial charge in [0.15, 0.2) is 5.82 Å². The quantitative estimate of drug-likeness (QED) is 0.784. The van der Waals surface area contributed by atoms with Crippen molar-refractivity contribution in [3.63, 3.8) is 0 Å². The summed E-state index contributed by atoms with van der Waals surface area (Å²) >= 11 is 1.87. The molecular weight excluding hydrogens is 282 g/mol. The van der Waals surface area contributed by atoms with Crippen LogP contribution in [-0.4, -0.2) is 27.0 Å². The van der Waals surface area contributed by atoms with E-state index in [1.807, 2.05) is 37.0 Å². The summed E-state index contributed by atoms with van der Waals surface area (Å²) in [7, 11) is 1.90. The smallest absolute Gasteiger partial charge is 0.161 e. The van der Waals surface area contributed by atoms with Crippen LogP contribution in [0.5, 0.6) is 0 Å². The Labute approximate surface area is 126 Å². The van der Waals surface area contributed by atoms with Gasteiger partial charge in [-0.3, -0.25) is 9.97 Å². The first-order valence-corrected chi connectivity index (χ1v) is 7.87. The summed E-state index contributed by atoms with van der Waals surface area (Å²) in [5.41, 5.74) is 5.07. The molecule has 0 saturated carbocycles. The van der Waals surface area contributed by atoms with Crippen LogP contribution in [-0.2, 0) is 11.5 Å². The average Bonchev–Trinajstić information content (AvgIpc) is 3.02. The van der Waals surface area contributed by atoms with E-state index < -0.39 is 0 Å². The number of hydrogen-bond acceptors (Lipinski definition) is 6. The largest absolute Gasteiger partial charge is 0.373 e. The number of aromatic nitrogens is 4. The highest BCUT2D eigenvalue weighted by molar-refractivity contribution is 7.98. The number of benzene rings is 1. The number of anilines is 1. The van der Waals surface area contributed by atoms with Gasteiger partial charge >= 0.3 is 0 Å². The normalized spacial score (nSPS) is 13.4. The lowest BCUT2D eigenvalue weighted by atomic mass is 10.1. The minimum atomic E-state index is 0.744. The molecule has 4 rings (SSSR count). The summed E-state index contributed by atoms with van der Waals surface area (Å²) in [5, 5.41) is 3.18. The molecule has 21 heavy (non-hydrogen) atoms. The van der Waals surface area contributed by atoms with Crippen LogP contribution < -0.4 is 5.32 Å². The van der Waals surface area contributed by atoms with Crippen LogP contribution in [0.3, 0.4) is 0 Å². The summed E-state index contributed by atoms with van der Waals surface area (Å²) in [6, 6.07) is 5.95. The second-order valence-electron chi connectivity index (χ2n) is 4.82. The molecule has 0 saturated heterocycles. The van der Waals surface area contributed by atoms with Gasteiger partial charge in [-0.1, -0.05) is 0 Å². The fourth-order valence-corrected chi connectivity index (χ4v) is 3.53. The predicted molar refractivity (Wildman–Crippen MR) is 85.1 cm³/mol. The second-order valence-corrected chi connectivity index (χ2v) is 5.81. The summed E-state index contributed by atoms with van der Waals surface area (Å²) in [5.74, 6) is 3.61. The maximum Gasteiger partial charge on any atom is 0.161 e. The molecule has 0 aliphatic carbocycles. The summed E-state index contributed by atoms with van der Waals surface area (Å²) < 4.78 is 0. The molecule has 104 valence electrons. The molecule has 0 atom stereocenters. The molecule has 1 aliphatic heterocycles. The zero-order valence-corrected chi connectivity index (χ0v) is 12.3. The molecule has 0 radical (unpaired) electrons. The zero-order chi connectivity index (χ0) is 14.2. The second kappa shape index (κ2) is 4.96. The number of fused-ring (bicyclic) bond motifs is 2. The van der Waals surface area contributed by atoms with E-state index in [4.69, 9.17) is 4.98 Å². The van der Waals surface area contributed by atoms with Gasteiger partial charge in [0.1, 0.15) is 5.82 Å². The summed E-state index contributed by atoms with van der Waals surface area (Å²) in [6.45, 7) is 0. The Bertz CT molecular complexity index is 833. The van der Waals surface area contributed by atoms with Gasteiger partial charge in [-0.05, 0) is 18.2 Å². The van der Waals surface area contributed by atoms with Crippen LogP contribution >= 0.6 is 11.8 Å². The highest BCUT2D eigenvalue weighted by Crippen LogP contribution is 2.34. The third kappa shape index (κ3) is 2.12. The molecule has 0 spiro atoms. The lowest BCUT2D eigenvalue weighted by Gasteiger charge is -2.09. The molecule has 6 heteroatoms. The highest BCUT2D eigenvalue weighted by Gasteiger charge is 2.19. The van der Waals surface area contributed by atoms with Gasteiger partial charge < -0.3 is 5.32 Å². The third-order valence-corrected chi connectivity index (χ3v) is 4.51. The van der Waals surface area contributed by atoms with E-state index in [1.54, 1.807) is 12.4 Å². The number of hydrogen-bond donors (Lipinski definition) is 1. The lowest BCUT2D eigenvalue weighted by molar-refractivity contribution is 1.07. The fourth-order valence-electron chi connectivity index (χ4n) is 2.49. The van der Waals surface area contributed by atoms with Crippen LogP contribution in [0.15, 0.2) is 30.6 Å². The van der Waals surface area contributed by atoms with Gasteiger partial charge in [0, 0.05) is 42.1 Å². The van der Waals surface area contributed by atoms with Crippen molar-refractivity contribution in [2.45, 2.75) is 11.5 Å². The van der Waals surface area contributed by atoms with Crippen molar-refractivity contribution in [2.75, 3.05) is 12.4 Å². The molecular formula is C15H13N5S.